The zero-order valence-corrected chi connectivity index (χ0v) is 14.6. The van der Waals surface area contributed by atoms with Gasteiger partial charge >= 0.3 is 0 Å². The van der Waals surface area contributed by atoms with Crippen LogP contribution in [-0.2, 0) is 9.59 Å². The van der Waals surface area contributed by atoms with Crippen molar-refractivity contribution in [2.75, 3.05) is 10.6 Å². The van der Waals surface area contributed by atoms with Gasteiger partial charge < -0.3 is 15.4 Å². The molecule has 7 heteroatoms. The lowest BCUT2D eigenvalue weighted by Gasteiger charge is -2.16. The molecular formula is C17H16Cl2N2O3. The molecule has 0 aliphatic carbocycles. The van der Waals surface area contributed by atoms with Gasteiger partial charge in [-0.3, -0.25) is 9.59 Å². The Morgan fingerprint density at radius 1 is 1.00 bits per heavy atom. The molecule has 2 amide bonds. The first kappa shape index (κ1) is 18.1. The van der Waals surface area contributed by atoms with E-state index in [1.165, 1.54) is 6.92 Å². The Morgan fingerprint density at radius 3 is 2.17 bits per heavy atom. The quantitative estimate of drug-likeness (QED) is 0.825. The Bertz CT molecular complexity index is 748. The lowest BCUT2D eigenvalue weighted by molar-refractivity contribution is -0.122. The first-order chi connectivity index (χ1) is 11.3. The van der Waals surface area contributed by atoms with Gasteiger partial charge in [-0.25, -0.2) is 0 Å². The molecule has 2 rings (SSSR count). The van der Waals surface area contributed by atoms with Crippen molar-refractivity contribution in [2.45, 2.75) is 20.0 Å². The number of nitrogens with one attached hydrogen (secondary N) is 2. The Morgan fingerprint density at radius 2 is 1.58 bits per heavy atom. The molecule has 0 saturated carbocycles. The highest BCUT2D eigenvalue weighted by Gasteiger charge is 2.16. The van der Waals surface area contributed by atoms with Crippen LogP contribution in [0, 0.1) is 0 Å². The summed E-state index contributed by atoms with van der Waals surface area (Å²) in [5.41, 5.74) is 1.23. The molecule has 0 bridgehead atoms. The summed E-state index contributed by atoms with van der Waals surface area (Å²) in [5, 5.41) is 6.21. The molecule has 0 aliphatic rings. The van der Waals surface area contributed by atoms with Crippen molar-refractivity contribution in [3.05, 3.63) is 52.5 Å². The maximum atomic E-state index is 12.2. The molecule has 2 aromatic rings. The number of halogens is 2. The van der Waals surface area contributed by atoms with Crippen LogP contribution < -0.4 is 15.4 Å². The van der Waals surface area contributed by atoms with E-state index in [2.05, 4.69) is 10.6 Å². The number of carbonyl (C=O) groups excluding carboxylic acids is 2. The molecular weight excluding hydrogens is 351 g/mol. The largest absolute Gasteiger partial charge is 0.479 e. The number of hydrogen-bond acceptors (Lipinski definition) is 3. The van der Waals surface area contributed by atoms with Crippen molar-refractivity contribution in [3.8, 4) is 5.75 Å². The second-order valence-corrected chi connectivity index (χ2v) is 5.93. The van der Waals surface area contributed by atoms with E-state index in [9.17, 15) is 9.59 Å². The highest BCUT2D eigenvalue weighted by atomic mass is 35.5. The van der Waals surface area contributed by atoms with Crippen LogP contribution >= 0.6 is 23.2 Å². The first-order valence-corrected chi connectivity index (χ1v) is 7.91. The number of benzene rings is 2. The number of anilines is 2. The summed E-state index contributed by atoms with van der Waals surface area (Å²) in [7, 11) is 0. The monoisotopic (exact) mass is 366 g/mol. The number of hydrogen-bond donors (Lipinski definition) is 2. The number of carbonyl (C=O) groups is 2. The fraction of sp³-hybridized carbons (Fsp3) is 0.176. The first-order valence-electron chi connectivity index (χ1n) is 7.15. The predicted molar refractivity (Wildman–Crippen MR) is 95.9 cm³/mol. The van der Waals surface area contributed by atoms with Gasteiger partial charge in [0.25, 0.3) is 5.91 Å². The molecule has 0 saturated heterocycles. The second kappa shape index (κ2) is 8.04. The predicted octanol–water partition coefficient (Wildman–Crippen LogP) is 4.36. The van der Waals surface area contributed by atoms with E-state index in [1.807, 2.05) is 0 Å². The van der Waals surface area contributed by atoms with E-state index >= 15 is 0 Å². The zero-order valence-electron chi connectivity index (χ0n) is 13.1. The molecule has 2 N–H and O–H groups in total. The number of rotatable bonds is 5. The highest BCUT2D eigenvalue weighted by Crippen LogP contribution is 2.28. The molecule has 1 atom stereocenters. The topological polar surface area (TPSA) is 67.4 Å². The van der Waals surface area contributed by atoms with Crippen LogP contribution in [0.3, 0.4) is 0 Å². The summed E-state index contributed by atoms with van der Waals surface area (Å²) >= 11 is 11.9. The Labute approximate surface area is 149 Å². The van der Waals surface area contributed by atoms with Crippen molar-refractivity contribution in [2.24, 2.45) is 0 Å². The van der Waals surface area contributed by atoms with Crippen molar-refractivity contribution < 1.29 is 14.3 Å². The smallest absolute Gasteiger partial charge is 0.265 e. The standard InChI is InChI=1S/C17H16Cl2N2O3/c1-10(24-16-9-12(18)3-8-15(16)19)17(23)21-14-6-4-13(5-7-14)20-11(2)22/h3-10H,1-2H3,(H,20,22)(H,21,23)/t10-/m1/s1. The lowest BCUT2D eigenvalue weighted by atomic mass is 10.2. The van der Waals surface area contributed by atoms with Crippen LogP contribution in [0.5, 0.6) is 5.75 Å². The maximum absolute atomic E-state index is 12.2. The van der Waals surface area contributed by atoms with Crippen LogP contribution in [0.4, 0.5) is 11.4 Å². The Hall–Kier alpha value is -2.24. The van der Waals surface area contributed by atoms with Crippen molar-refractivity contribution in [3.63, 3.8) is 0 Å². The maximum Gasteiger partial charge on any atom is 0.265 e. The molecule has 0 unspecified atom stereocenters. The van der Waals surface area contributed by atoms with Gasteiger partial charge in [0.05, 0.1) is 5.02 Å². The summed E-state index contributed by atoms with van der Waals surface area (Å²) < 4.78 is 5.55. The molecule has 0 fully saturated rings. The third-order valence-electron chi connectivity index (χ3n) is 3.04. The fourth-order valence-electron chi connectivity index (χ4n) is 1.90. The average Bonchev–Trinajstić information content (AvgIpc) is 2.52. The summed E-state index contributed by atoms with van der Waals surface area (Å²) in [6.45, 7) is 3.04. The van der Waals surface area contributed by atoms with Gasteiger partial charge in [0, 0.05) is 29.4 Å². The van der Waals surface area contributed by atoms with Crippen molar-refractivity contribution in [1.29, 1.82) is 0 Å². The normalized spacial score (nSPS) is 11.5. The van der Waals surface area contributed by atoms with E-state index in [1.54, 1.807) is 49.4 Å². The van der Waals surface area contributed by atoms with Crippen LogP contribution in [-0.4, -0.2) is 17.9 Å². The van der Waals surface area contributed by atoms with Gasteiger partial charge in [0.2, 0.25) is 5.91 Å². The highest BCUT2D eigenvalue weighted by molar-refractivity contribution is 6.34. The second-order valence-electron chi connectivity index (χ2n) is 5.08. The van der Waals surface area contributed by atoms with E-state index in [-0.39, 0.29) is 11.8 Å². The van der Waals surface area contributed by atoms with Crippen LogP contribution in [0.1, 0.15) is 13.8 Å². The SMILES string of the molecule is CC(=O)Nc1ccc(NC(=O)[C@@H](C)Oc2cc(Cl)ccc2Cl)cc1. The molecule has 2 aromatic carbocycles. The third-order valence-corrected chi connectivity index (χ3v) is 3.59. The van der Waals surface area contributed by atoms with Crippen LogP contribution in [0.15, 0.2) is 42.5 Å². The molecule has 5 nitrogen and oxygen atoms in total. The minimum Gasteiger partial charge on any atom is -0.479 e. The Balaban J connectivity index is 1.98. The van der Waals surface area contributed by atoms with E-state index in [0.717, 1.165) is 0 Å². The van der Waals surface area contributed by atoms with Gasteiger partial charge in [-0.15, -0.1) is 0 Å². The van der Waals surface area contributed by atoms with Crippen molar-refractivity contribution in [1.82, 2.24) is 0 Å². The van der Waals surface area contributed by atoms with E-state index in [0.29, 0.717) is 27.2 Å². The van der Waals surface area contributed by atoms with Crippen molar-refractivity contribution >= 4 is 46.4 Å². The molecule has 126 valence electrons. The third kappa shape index (κ3) is 5.15. The minimum absolute atomic E-state index is 0.160. The minimum atomic E-state index is -0.768. The molecule has 0 aromatic heterocycles. The van der Waals surface area contributed by atoms with Gasteiger partial charge in [0.1, 0.15) is 5.75 Å². The molecule has 0 heterocycles. The van der Waals surface area contributed by atoms with Gasteiger partial charge in [-0.2, -0.15) is 0 Å². The lowest BCUT2D eigenvalue weighted by Crippen LogP contribution is -2.30. The van der Waals surface area contributed by atoms with E-state index in [4.69, 9.17) is 27.9 Å². The van der Waals surface area contributed by atoms with E-state index < -0.39 is 6.10 Å². The summed E-state index contributed by atoms with van der Waals surface area (Å²) in [5.74, 6) is -0.154. The van der Waals surface area contributed by atoms with Gasteiger partial charge in [0.15, 0.2) is 6.10 Å². The van der Waals surface area contributed by atoms with Crippen LogP contribution in [0.25, 0.3) is 0 Å². The zero-order chi connectivity index (χ0) is 17.7. The molecule has 0 radical (unpaired) electrons. The van der Waals surface area contributed by atoms with Crippen LogP contribution in [0.2, 0.25) is 10.0 Å². The summed E-state index contributed by atoms with van der Waals surface area (Å²) in [4.78, 5) is 23.2. The molecule has 24 heavy (non-hydrogen) atoms. The fourth-order valence-corrected chi connectivity index (χ4v) is 2.22. The summed E-state index contributed by atoms with van der Waals surface area (Å²) in [6.07, 6.45) is -0.768. The summed E-state index contributed by atoms with van der Waals surface area (Å²) in [6, 6.07) is 11.5. The molecule has 0 spiro atoms. The van der Waals surface area contributed by atoms with Gasteiger partial charge in [-0.05, 0) is 43.3 Å². The number of ether oxygens (including phenoxy) is 1. The number of amides is 2. The molecule has 0 aliphatic heterocycles. The van der Waals surface area contributed by atoms with Gasteiger partial charge in [-0.1, -0.05) is 23.2 Å². The Kier molecular flexibility index (Phi) is 6.06. The average molecular weight is 367 g/mol.